The molecule has 0 bridgehead atoms. The number of hydrogen-bond donors (Lipinski definition) is 2. The van der Waals surface area contributed by atoms with Gasteiger partial charge in [0.05, 0.1) is 11.3 Å². The van der Waals surface area contributed by atoms with E-state index in [2.05, 4.69) is 10.3 Å². The van der Waals surface area contributed by atoms with E-state index in [1.165, 1.54) is 0 Å². The molecule has 4 heteroatoms. The number of phenolic OH excluding ortho intramolecular Hbond substituents is 1. The Morgan fingerprint density at radius 3 is 2.53 bits per heavy atom. The van der Waals surface area contributed by atoms with Crippen LogP contribution in [0.4, 0.5) is 5.69 Å². The molecule has 1 heterocycles. The van der Waals surface area contributed by atoms with Crippen LogP contribution in [-0.2, 0) is 0 Å². The van der Waals surface area contributed by atoms with Crippen LogP contribution in [0.5, 0.6) is 5.75 Å². The Kier molecular flexibility index (Phi) is 3.51. The number of amides is 1. The van der Waals surface area contributed by atoms with Gasteiger partial charge < -0.3 is 10.4 Å². The molecule has 1 aromatic carbocycles. The van der Waals surface area contributed by atoms with Crippen LogP contribution < -0.4 is 5.32 Å². The van der Waals surface area contributed by atoms with E-state index in [1.807, 2.05) is 26.8 Å². The number of phenols is 1. The summed E-state index contributed by atoms with van der Waals surface area (Å²) in [6.45, 7) is 5.53. The van der Waals surface area contributed by atoms with E-state index < -0.39 is 0 Å². The molecule has 4 nitrogen and oxygen atoms in total. The lowest BCUT2D eigenvalue weighted by atomic mass is 10.1. The number of aromatic nitrogens is 1. The predicted octanol–water partition coefficient (Wildman–Crippen LogP) is 2.96. The van der Waals surface area contributed by atoms with Crippen molar-refractivity contribution in [1.29, 1.82) is 0 Å². The second-order valence-electron chi connectivity index (χ2n) is 4.54. The Morgan fingerprint density at radius 1 is 1.16 bits per heavy atom. The Labute approximate surface area is 112 Å². The summed E-state index contributed by atoms with van der Waals surface area (Å²) in [5.41, 5.74) is 3.63. The number of nitrogens with one attached hydrogen (secondary N) is 1. The fraction of sp³-hybridized carbons (Fsp3) is 0.200. The molecule has 19 heavy (non-hydrogen) atoms. The van der Waals surface area contributed by atoms with Crippen molar-refractivity contribution in [1.82, 2.24) is 4.98 Å². The standard InChI is InChI=1S/C15H16N2O2/c1-9-8-12(18)5-7-14(9)17-15(19)13-6-4-10(2)16-11(13)3/h4-8,18H,1-3H3,(H,17,19). The van der Waals surface area contributed by atoms with Crippen molar-refractivity contribution in [2.45, 2.75) is 20.8 Å². The summed E-state index contributed by atoms with van der Waals surface area (Å²) < 4.78 is 0. The highest BCUT2D eigenvalue weighted by molar-refractivity contribution is 6.05. The first-order valence-electron chi connectivity index (χ1n) is 6.02. The highest BCUT2D eigenvalue weighted by atomic mass is 16.3. The topological polar surface area (TPSA) is 62.2 Å². The average molecular weight is 256 g/mol. The van der Waals surface area contributed by atoms with Crippen molar-refractivity contribution in [2.75, 3.05) is 5.32 Å². The molecule has 0 saturated carbocycles. The minimum absolute atomic E-state index is 0.184. The zero-order chi connectivity index (χ0) is 14.0. The molecule has 0 fully saturated rings. The third-order valence-corrected chi connectivity index (χ3v) is 2.93. The Bertz CT molecular complexity index is 636. The maximum Gasteiger partial charge on any atom is 0.257 e. The van der Waals surface area contributed by atoms with Crippen LogP contribution in [0.1, 0.15) is 27.3 Å². The van der Waals surface area contributed by atoms with E-state index in [4.69, 9.17) is 0 Å². The molecule has 1 amide bonds. The van der Waals surface area contributed by atoms with Gasteiger partial charge in [-0.3, -0.25) is 9.78 Å². The van der Waals surface area contributed by atoms with Crippen LogP contribution in [-0.4, -0.2) is 16.0 Å². The predicted molar refractivity (Wildman–Crippen MR) is 74.5 cm³/mol. The van der Waals surface area contributed by atoms with E-state index in [9.17, 15) is 9.90 Å². The molecule has 0 aliphatic carbocycles. The Morgan fingerprint density at radius 2 is 1.89 bits per heavy atom. The lowest BCUT2D eigenvalue weighted by Crippen LogP contribution is -2.15. The van der Waals surface area contributed by atoms with Gasteiger partial charge in [0.25, 0.3) is 5.91 Å². The van der Waals surface area contributed by atoms with Crippen LogP contribution in [0.15, 0.2) is 30.3 Å². The van der Waals surface area contributed by atoms with Gasteiger partial charge in [-0.15, -0.1) is 0 Å². The van der Waals surface area contributed by atoms with Gasteiger partial charge in [-0.25, -0.2) is 0 Å². The van der Waals surface area contributed by atoms with Gasteiger partial charge >= 0.3 is 0 Å². The zero-order valence-corrected chi connectivity index (χ0v) is 11.2. The van der Waals surface area contributed by atoms with Gasteiger partial charge in [0, 0.05) is 11.4 Å². The number of aromatic hydroxyl groups is 1. The number of carbonyl (C=O) groups excluding carboxylic acids is 1. The maximum atomic E-state index is 12.2. The highest BCUT2D eigenvalue weighted by Crippen LogP contribution is 2.21. The van der Waals surface area contributed by atoms with Gasteiger partial charge in [0.15, 0.2) is 0 Å². The van der Waals surface area contributed by atoms with E-state index >= 15 is 0 Å². The fourth-order valence-electron chi connectivity index (χ4n) is 1.90. The van der Waals surface area contributed by atoms with Crippen molar-refractivity contribution >= 4 is 11.6 Å². The number of pyridine rings is 1. The molecule has 98 valence electrons. The van der Waals surface area contributed by atoms with Crippen molar-refractivity contribution in [3.63, 3.8) is 0 Å². The van der Waals surface area contributed by atoms with E-state index in [0.29, 0.717) is 16.9 Å². The Balaban J connectivity index is 2.25. The molecular formula is C15H16N2O2. The molecule has 0 aliphatic heterocycles. The third kappa shape index (κ3) is 2.91. The van der Waals surface area contributed by atoms with Gasteiger partial charge in [0.2, 0.25) is 0 Å². The van der Waals surface area contributed by atoms with Crippen LogP contribution in [0.2, 0.25) is 0 Å². The summed E-state index contributed by atoms with van der Waals surface area (Å²) in [5.74, 6) is -0.0116. The highest BCUT2D eigenvalue weighted by Gasteiger charge is 2.11. The van der Waals surface area contributed by atoms with Gasteiger partial charge in [-0.2, -0.15) is 0 Å². The molecule has 1 aromatic heterocycles. The maximum absolute atomic E-state index is 12.2. The van der Waals surface area contributed by atoms with E-state index in [-0.39, 0.29) is 11.7 Å². The lowest BCUT2D eigenvalue weighted by molar-refractivity contribution is 0.102. The minimum Gasteiger partial charge on any atom is -0.508 e. The van der Waals surface area contributed by atoms with Crippen LogP contribution in [0, 0.1) is 20.8 Å². The number of rotatable bonds is 2. The Hall–Kier alpha value is -2.36. The smallest absolute Gasteiger partial charge is 0.257 e. The fourth-order valence-corrected chi connectivity index (χ4v) is 1.90. The molecule has 0 unspecified atom stereocenters. The van der Waals surface area contributed by atoms with Crippen LogP contribution in [0.3, 0.4) is 0 Å². The molecule has 0 spiro atoms. The van der Waals surface area contributed by atoms with Crippen molar-refractivity contribution in [3.05, 3.63) is 52.8 Å². The first-order valence-corrected chi connectivity index (χ1v) is 6.02. The summed E-state index contributed by atoms with van der Waals surface area (Å²) in [5, 5.41) is 12.2. The monoisotopic (exact) mass is 256 g/mol. The van der Waals surface area contributed by atoms with E-state index in [1.54, 1.807) is 24.3 Å². The van der Waals surface area contributed by atoms with Crippen LogP contribution in [0.25, 0.3) is 0 Å². The SMILES string of the molecule is Cc1ccc(C(=O)Nc2ccc(O)cc2C)c(C)n1. The number of nitrogens with zero attached hydrogens (tertiary/aromatic N) is 1. The number of benzene rings is 1. The number of anilines is 1. The van der Waals surface area contributed by atoms with Gasteiger partial charge in [0.1, 0.15) is 5.75 Å². The van der Waals surface area contributed by atoms with Crippen molar-refractivity contribution < 1.29 is 9.90 Å². The first kappa shape index (κ1) is 13.1. The quantitative estimate of drug-likeness (QED) is 0.812. The van der Waals surface area contributed by atoms with Crippen molar-refractivity contribution in [3.8, 4) is 5.75 Å². The zero-order valence-electron chi connectivity index (χ0n) is 11.2. The summed E-state index contributed by atoms with van der Waals surface area (Å²) >= 11 is 0. The first-order chi connectivity index (χ1) is 8.97. The molecule has 0 saturated heterocycles. The van der Waals surface area contributed by atoms with Crippen LogP contribution >= 0.6 is 0 Å². The summed E-state index contributed by atoms with van der Waals surface area (Å²) in [4.78, 5) is 16.4. The second kappa shape index (κ2) is 5.10. The summed E-state index contributed by atoms with van der Waals surface area (Å²) in [7, 11) is 0. The third-order valence-electron chi connectivity index (χ3n) is 2.93. The molecule has 0 aliphatic rings. The second-order valence-corrected chi connectivity index (χ2v) is 4.54. The largest absolute Gasteiger partial charge is 0.508 e. The van der Waals surface area contributed by atoms with Crippen molar-refractivity contribution in [2.24, 2.45) is 0 Å². The molecular weight excluding hydrogens is 240 g/mol. The van der Waals surface area contributed by atoms with E-state index in [0.717, 1.165) is 11.3 Å². The normalized spacial score (nSPS) is 10.3. The molecule has 2 N–H and O–H groups in total. The average Bonchev–Trinajstić information content (AvgIpc) is 2.32. The lowest BCUT2D eigenvalue weighted by Gasteiger charge is -2.10. The molecule has 0 atom stereocenters. The number of carbonyl (C=O) groups is 1. The van der Waals surface area contributed by atoms with Gasteiger partial charge in [-0.05, 0) is 56.7 Å². The minimum atomic E-state index is -0.196. The molecule has 2 rings (SSSR count). The summed E-state index contributed by atoms with van der Waals surface area (Å²) in [6, 6.07) is 8.41. The number of aryl methyl sites for hydroxylation is 3. The van der Waals surface area contributed by atoms with Gasteiger partial charge in [-0.1, -0.05) is 0 Å². The molecule has 2 aromatic rings. The number of hydrogen-bond acceptors (Lipinski definition) is 3. The summed E-state index contributed by atoms with van der Waals surface area (Å²) in [6.07, 6.45) is 0. The molecule has 0 radical (unpaired) electrons.